The third-order valence-electron chi connectivity index (χ3n) is 5.88. The van der Waals surface area contributed by atoms with E-state index < -0.39 is 29.5 Å². The number of hydrogen-bond acceptors (Lipinski definition) is 9. The summed E-state index contributed by atoms with van der Waals surface area (Å²) in [5.74, 6) is -0.0861. The predicted octanol–water partition coefficient (Wildman–Crippen LogP) is 3.13. The first-order chi connectivity index (χ1) is 16.2. The van der Waals surface area contributed by atoms with Crippen molar-refractivity contribution >= 4 is 34.3 Å². The van der Waals surface area contributed by atoms with Gasteiger partial charge in [0.05, 0.1) is 41.3 Å². The van der Waals surface area contributed by atoms with Crippen molar-refractivity contribution in [2.75, 3.05) is 12.3 Å². The third kappa shape index (κ3) is 4.57. The second-order valence-corrected chi connectivity index (χ2v) is 8.90. The first-order valence-electron chi connectivity index (χ1n) is 10.8. The van der Waals surface area contributed by atoms with E-state index in [0.717, 1.165) is 0 Å². The molecule has 0 aliphatic carbocycles. The van der Waals surface area contributed by atoms with Gasteiger partial charge in [-0.25, -0.2) is 4.98 Å². The maximum absolute atomic E-state index is 11.6. The number of aromatic nitrogens is 3. The lowest BCUT2D eigenvalue weighted by Gasteiger charge is -2.22. The number of hydrogen-bond donors (Lipinski definition) is 3. The maximum atomic E-state index is 11.6. The highest BCUT2D eigenvalue weighted by atomic mass is 35.5. The lowest BCUT2D eigenvalue weighted by atomic mass is 9.97. The van der Waals surface area contributed by atoms with Gasteiger partial charge in [-0.2, -0.15) is 4.98 Å². The summed E-state index contributed by atoms with van der Waals surface area (Å²) in [6.45, 7) is 3.58. The van der Waals surface area contributed by atoms with Gasteiger partial charge < -0.3 is 30.0 Å². The number of ether oxygens (including phenoxy) is 2. The highest BCUT2D eigenvalue weighted by Gasteiger charge is 2.36. The van der Waals surface area contributed by atoms with E-state index in [1.165, 1.54) is 6.07 Å². The molecule has 0 spiro atoms. The number of halogens is 1. The summed E-state index contributed by atoms with van der Waals surface area (Å²) >= 11 is 6.41. The molecule has 0 radical (unpaired) electrons. The maximum Gasteiger partial charge on any atom is 0.275 e. The Labute approximate surface area is 200 Å². The van der Waals surface area contributed by atoms with Crippen LogP contribution < -0.4 is 5.73 Å². The Kier molecular flexibility index (Phi) is 7.01. The lowest BCUT2D eigenvalue weighted by Crippen LogP contribution is -2.24. The molecule has 182 valence electrons. The summed E-state index contributed by atoms with van der Waals surface area (Å²) in [6, 6.07) is 6.49. The fourth-order valence-electron chi connectivity index (χ4n) is 4.29. The first kappa shape index (κ1) is 24.3. The van der Waals surface area contributed by atoms with E-state index in [1.807, 2.05) is 13.8 Å². The van der Waals surface area contributed by atoms with Crippen molar-refractivity contribution < 1.29 is 24.6 Å². The molecule has 0 bridgehead atoms. The van der Waals surface area contributed by atoms with Gasteiger partial charge in [-0.1, -0.05) is 37.6 Å². The molecule has 4 rings (SSSR count). The second-order valence-electron chi connectivity index (χ2n) is 8.54. The molecule has 1 aliphatic rings. The Hall–Kier alpha value is -2.83. The van der Waals surface area contributed by atoms with Crippen molar-refractivity contribution in [3.05, 3.63) is 56.9 Å². The van der Waals surface area contributed by atoms with Gasteiger partial charge in [0.25, 0.3) is 5.69 Å². The normalized spacial score (nSPS) is 21.4. The van der Waals surface area contributed by atoms with Crippen LogP contribution in [0.5, 0.6) is 0 Å². The molecule has 1 unspecified atom stereocenters. The highest BCUT2D eigenvalue weighted by Crippen LogP contribution is 2.38. The Balaban J connectivity index is 1.70. The molecule has 4 atom stereocenters. The van der Waals surface area contributed by atoms with Gasteiger partial charge in [0.15, 0.2) is 0 Å². The zero-order chi connectivity index (χ0) is 24.6. The van der Waals surface area contributed by atoms with E-state index >= 15 is 0 Å². The van der Waals surface area contributed by atoms with Crippen LogP contribution in [0.1, 0.15) is 43.7 Å². The molecule has 34 heavy (non-hydrogen) atoms. The van der Waals surface area contributed by atoms with E-state index in [-0.39, 0.29) is 42.3 Å². The highest BCUT2D eigenvalue weighted by molar-refractivity contribution is 6.34. The number of nitrogen functional groups attached to an aromatic ring is 1. The fraction of sp³-hybridized carbons (Fsp3) is 0.455. The van der Waals surface area contributed by atoms with Crippen molar-refractivity contribution in [1.29, 1.82) is 0 Å². The van der Waals surface area contributed by atoms with Crippen molar-refractivity contribution in [2.45, 2.75) is 51.4 Å². The number of nitrogens with two attached hydrogens (primary N) is 1. The fourth-order valence-corrected chi connectivity index (χ4v) is 4.58. The van der Waals surface area contributed by atoms with Crippen molar-refractivity contribution in [3.63, 3.8) is 0 Å². The Morgan fingerprint density at radius 2 is 2.12 bits per heavy atom. The summed E-state index contributed by atoms with van der Waals surface area (Å²) in [6.07, 6.45) is -0.756. The molecule has 1 aromatic carbocycles. The number of para-hydroxylation sites is 1. The third-order valence-corrected chi connectivity index (χ3v) is 6.16. The zero-order valence-electron chi connectivity index (χ0n) is 18.7. The van der Waals surface area contributed by atoms with Gasteiger partial charge in [0.1, 0.15) is 23.1 Å². The number of rotatable bonds is 8. The number of aliphatic hydroxyl groups excluding tert-OH is 2. The second kappa shape index (κ2) is 9.80. The van der Waals surface area contributed by atoms with Crippen LogP contribution in [0.4, 0.5) is 11.6 Å². The Morgan fingerprint density at radius 3 is 2.76 bits per heavy atom. The molecule has 0 amide bonds. The molecule has 2 aromatic heterocycles. The SMILES string of the molecule is CC(C)C(OCc1cn([C@H]2C[C@@H](O)[C@@H](CO)O2)c2nc(N)nc(Cl)c12)c1ccccc1[N+](=O)[O-]. The van der Waals surface area contributed by atoms with Crippen LogP contribution in [-0.2, 0) is 16.1 Å². The topological polar surface area (TPSA) is 159 Å². The van der Waals surface area contributed by atoms with Crippen LogP contribution in [0, 0.1) is 16.0 Å². The van der Waals surface area contributed by atoms with Gasteiger partial charge in [-0.3, -0.25) is 10.1 Å². The number of aliphatic hydroxyl groups is 2. The monoisotopic (exact) mass is 491 g/mol. The van der Waals surface area contributed by atoms with Crippen LogP contribution in [-0.4, -0.2) is 48.5 Å². The summed E-state index contributed by atoms with van der Waals surface area (Å²) in [7, 11) is 0. The van der Waals surface area contributed by atoms with Gasteiger partial charge in [0.2, 0.25) is 5.95 Å². The summed E-state index contributed by atoms with van der Waals surface area (Å²) in [5, 5.41) is 31.8. The minimum atomic E-state index is -0.842. The van der Waals surface area contributed by atoms with Crippen LogP contribution in [0.15, 0.2) is 30.5 Å². The number of benzene rings is 1. The molecular formula is C22H26ClN5O6. The van der Waals surface area contributed by atoms with Gasteiger partial charge in [-0.05, 0) is 12.0 Å². The smallest absolute Gasteiger partial charge is 0.275 e. The van der Waals surface area contributed by atoms with Crippen molar-refractivity contribution in [3.8, 4) is 0 Å². The number of nitrogens with zero attached hydrogens (tertiary/aromatic N) is 4. The zero-order valence-corrected chi connectivity index (χ0v) is 19.4. The molecular weight excluding hydrogens is 466 g/mol. The quantitative estimate of drug-likeness (QED) is 0.244. The number of anilines is 1. The van der Waals surface area contributed by atoms with E-state index in [4.69, 9.17) is 26.8 Å². The van der Waals surface area contributed by atoms with E-state index in [1.54, 1.807) is 29.0 Å². The van der Waals surface area contributed by atoms with Gasteiger partial charge in [0, 0.05) is 24.2 Å². The van der Waals surface area contributed by atoms with E-state index in [9.17, 15) is 20.3 Å². The standard InChI is InChI=1S/C22H26ClN5O6/c1-11(2)19(13-5-3-4-6-14(13)28(31)32)33-10-12-8-27(17-7-15(30)16(9-29)34-17)21-18(12)20(23)25-22(24)26-21/h3-6,8,11,15-17,19,29-30H,7,9-10H2,1-2H3,(H2,24,25,26)/t15-,16-,17-,19?/m1/s1. The lowest BCUT2D eigenvalue weighted by molar-refractivity contribution is -0.386. The van der Waals surface area contributed by atoms with Gasteiger partial charge in [-0.15, -0.1) is 0 Å². The minimum Gasteiger partial charge on any atom is -0.394 e. The average Bonchev–Trinajstić information content (AvgIpc) is 3.34. The minimum absolute atomic E-state index is 0.0128. The van der Waals surface area contributed by atoms with Crippen LogP contribution in [0.25, 0.3) is 11.0 Å². The molecule has 12 heteroatoms. The van der Waals surface area contributed by atoms with Crippen molar-refractivity contribution in [2.24, 2.45) is 5.92 Å². The molecule has 3 aromatic rings. The van der Waals surface area contributed by atoms with Crippen LogP contribution in [0.2, 0.25) is 5.15 Å². The molecule has 0 saturated carbocycles. The van der Waals surface area contributed by atoms with Crippen LogP contribution >= 0.6 is 11.6 Å². The van der Waals surface area contributed by atoms with Gasteiger partial charge >= 0.3 is 0 Å². The Morgan fingerprint density at radius 1 is 1.38 bits per heavy atom. The largest absolute Gasteiger partial charge is 0.394 e. The first-order valence-corrected chi connectivity index (χ1v) is 11.2. The van der Waals surface area contributed by atoms with E-state index in [0.29, 0.717) is 22.2 Å². The Bertz CT molecular complexity index is 1200. The number of nitro groups is 1. The molecule has 11 nitrogen and oxygen atoms in total. The predicted molar refractivity (Wildman–Crippen MR) is 124 cm³/mol. The average molecular weight is 492 g/mol. The number of nitro benzene ring substituents is 1. The molecule has 1 fully saturated rings. The van der Waals surface area contributed by atoms with Crippen LogP contribution in [0.3, 0.4) is 0 Å². The van der Waals surface area contributed by atoms with E-state index in [2.05, 4.69) is 9.97 Å². The summed E-state index contributed by atoms with van der Waals surface area (Å²) < 4.78 is 13.7. The number of fused-ring (bicyclic) bond motifs is 1. The molecule has 1 saturated heterocycles. The summed E-state index contributed by atoms with van der Waals surface area (Å²) in [4.78, 5) is 19.5. The summed E-state index contributed by atoms with van der Waals surface area (Å²) in [5.41, 5.74) is 7.32. The van der Waals surface area contributed by atoms with Crippen molar-refractivity contribution in [1.82, 2.24) is 14.5 Å². The molecule has 4 N–H and O–H groups in total. The molecule has 1 aliphatic heterocycles. The molecule has 3 heterocycles.